The molecule has 8 heteroatoms. The third-order valence-corrected chi connectivity index (χ3v) is 6.72. The number of halogens is 3. The molecule has 0 radical (unpaired) electrons. The van der Waals surface area contributed by atoms with Gasteiger partial charge in [-0.3, -0.25) is 0 Å². The molecule has 1 aromatic carbocycles. The summed E-state index contributed by atoms with van der Waals surface area (Å²) in [5, 5.41) is 1.85. The van der Waals surface area contributed by atoms with Crippen LogP contribution in [0.5, 0.6) is 0 Å². The Morgan fingerprint density at radius 1 is 1.25 bits per heavy atom. The van der Waals surface area contributed by atoms with Crippen LogP contribution in [-0.2, 0) is 22.7 Å². The van der Waals surface area contributed by atoms with E-state index < -0.39 is 21.8 Å². The third-order valence-electron chi connectivity index (χ3n) is 3.97. The fraction of sp³-hybridized carbons (Fsp3) is 0.375. The van der Waals surface area contributed by atoms with Crippen molar-refractivity contribution in [3.05, 3.63) is 51.7 Å². The van der Waals surface area contributed by atoms with Crippen LogP contribution in [0.3, 0.4) is 0 Å². The molecule has 130 valence electrons. The first kappa shape index (κ1) is 17.4. The molecule has 2 aromatic rings. The van der Waals surface area contributed by atoms with Crippen LogP contribution in [0.25, 0.3) is 0 Å². The van der Waals surface area contributed by atoms with Gasteiger partial charge in [0, 0.05) is 17.5 Å². The molecule has 1 fully saturated rings. The fourth-order valence-electron chi connectivity index (χ4n) is 2.53. The van der Waals surface area contributed by atoms with E-state index in [2.05, 4.69) is 0 Å². The van der Waals surface area contributed by atoms with Crippen LogP contribution in [0.15, 0.2) is 40.6 Å². The predicted molar refractivity (Wildman–Crippen MR) is 86.3 cm³/mol. The van der Waals surface area contributed by atoms with Gasteiger partial charge in [-0.05, 0) is 48.9 Å². The topological polar surface area (TPSA) is 37.4 Å². The minimum absolute atomic E-state index is 0.0117. The standard InChI is InChI=1S/C16H16F3NO2S2/c1-11-4-7-14(9-15(11)16(17,18)19)24(21,22)20(12-5-6-12)10-13-3-2-8-23-13/h2-4,7-9,12H,5-6,10H2,1H3. The Balaban J connectivity index is 1.99. The van der Waals surface area contributed by atoms with E-state index >= 15 is 0 Å². The van der Waals surface area contributed by atoms with E-state index in [1.165, 1.54) is 34.7 Å². The predicted octanol–water partition coefficient (Wildman–Crippen LogP) is 4.43. The molecule has 0 unspecified atom stereocenters. The third kappa shape index (κ3) is 3.50. The smallest absolute Gasteiger partial charge is 0.207 e. The van der Waals surface area contributed by atoms with E-state index in [0.29, 0.717) is 0 Å². The van der Waals surface area contributed by atoms with Crippen molar-refractivity contribution in [3.63, 3.8) is 0 Å². The van der Waals surface area contributed by atoms with E-state index in [4.69, 9.17) is 0 Å². The van der Waals surface area contributed by atoms with Gasteiger partial charge in [0.25, 0.3) is 0 Å². The zero-order chi connectivity index (χ0) is 17.5. The SMILES string of the molecule is Cc1ccc(S(=O)(=O)N(Cc2cccs2)C2CC2)cc1C(F)(F)F. The minimum Gasteiger partial charge on any atom is -0.207 e. The summed E-state index contributed by atoms with van der Waals surface area (Å²) in [5.74, 6) is 0. The van der Waals surface area contributed by atoms with Gasteiger partial charge in [-0.15, -0.1) is 11.3 Å². The van der Waals surface area contributed by atoms with Crippen molar-refractivity contribution >= 4 is 21.4 Å². The lowest BCUT2D eigenvalue weighted by Crippen LogP contribution is -2.32. The molecule has 0 amide bonds. The molecule has 0 N–H and O–H groups in total. The van der Waals surface area contributed by atoms with Crippen molar-refractivity contribution in [2.45, 2.75) is 43.4 Å². The second-order valence-electron chi connectivity index (χ2n) is 5.84. The molecule has 0 saturated heterocycles. The number of thiophene rings is 1. The molecule has 1 heterocycles. The fourth-order valence-corrected chi connectivity index (χ4v) is 5.01. The Bertz CT molecular complexity index is 826. The van der Waals surface area contributed by atoms with E-state index in [0.717, 1.165) is 23.8 Å². The average molecular weight is 375 g/mol. The van der Waals surface area contributed by atoms with Crippen LogP contribution in [-0.4, -0.2) is 18.8 Å². The van der Waals surface area contributed by atoms with Crippen molar-refractivity contribution in [3.8, 4) is 0 Å². The van der Waals surface area contributed by atoms with E-state index in [1.807, 2.05) is 17.5 Å². The van der Waals surface area contributed by atoms with Crippen LogP contribution >= 0.6 is 11.3 Å². The lowest BCUT2D eigenvalue weighted by atomic mass is 10.1. The summed E-state index contributed by atoms with van der Waals surface area (Å²) in [6.07, 6.45) is -3.10. The summed E-state index contributed by atoms with van der Waals surface area (Å²) >= 11 is 1.43. The van der Waals surface area contributed by atoms with E-state index in [9.17, 15) is 21.6 Å². The Hall–Kier alpha value is -1.38. The number of aryl methyl sites for hydroxylation is 1. The van der Waals surface area contributed by atoms with Crippen molar-refractivity contribution in [1.29, 1.82) is 0 Å². The summed E-state index contributed by atoms with van der Waals surface area (Å²) in [5.41, 5.74) is -0.895. The highest BCUT2D eigenvalue weighted by molar-refractivity contribution is 7.89. The van der Waals surface area contributed by atoms with Crippen LogP contribution in [0, 0.1) is 6.92 Å². The maximum Gasteiger partial charge on any atom is 0.416 e. The number of nitrogens with zero attached hydrogens (tertiary/aromatic N) is 1. The Kier molecular flexibility index (Phi) is 4.48. The molecule has 1 saturated carbocycles. The van der Waals surface area contributed by atoms with Gasteiger partial charge in [0.2, 0.25) is 10.0 Å². The summed E-state index contributed by atoms with van der Waals surface area (Å²) < 4.78 is 66.4. The number of hydrogen-bond acceptors (Lipinski definition) is 3. The minimum atomic E-state index is -4.58. The molecule has 0 bridgehead atoms. The van der Waals surface area contributed by atoms with Gasteiger partial charge in [0.05, 0.1) is 10.5 Å². The maximum absolute atomic E-state index is 13.1. The monoisotopic (exact) mass is 375 g/mol. The second kappa shape index (κ2) is 6.16. The van der Waals surface area contributed by atoms with E-state index in [1.54, 1.807) is 0 Å². The van der Waals surface area contributed by atoms with Crippen molar-refractivity contribution < 1.29 is 21.6 Å². The number of rotatable bonds is 5. The van der Waals surface area contributed by atoms with Gasteiger partial charge >= 0.3 is 6.18 Å². The molecule has 3 rings (SSSR count). The van der Waals surface area contributed by atoms with Gasteiger partial charge in [-0.2, -0.15) is 17.5 Å². The van der Waals surface area contributed by atoms with Crippen molar-refractivity contribution in [2.75, 3.05) is 0 Å². The summed E-state index contributed by atoms with van der Waals surface area (Å²) in [6.45, 7) is 1.52. The molecule has 0 atom stereocenters. The maximum atomic E-state index is 13.1. The quantitative estimate of drug-likeness (QED) is 0.775. The highest BCUT2D eigenvalue weighted by Gasteiger charge is 2.40. The Morgan fingerprint density at radius 3 is 2.50 bits per heavy atom. The Morgan fingerprint density at radius 2 is 1.96 bits per heavy atom. The molecule has 0 spiro atoms. The molecular formula is C16H16F3NO2S2. The zero-order valence-corrected chi connectivity index (χ0v) is 14.5. The number of benzene rings is 1. The highest BCUT2D eigenvalue weighted by Crippen LogP contribution is 2.37. The first-order valence-corrected chi connectivity index (χ1v) is 9.73. The average Bonchev–Trinajstić information content (AvgIpc) is 3.19. The van der Waals surface area contributed by atoms with Gasteiger partial charge in [0.1, 0.15) is 0 Å². The molecule has 1 aliphatic rings. The largest absolute Gasteiger partial charge is 0.416 e. The summed E-state index contributed by atoms with van der Waals surface area (Å²) in [4.78, 5) is 0.567. The first-order chi connectivity index (χ1) is 11.2. The van der Waals surface area contributed by atoms with Crippen LogP contribution < -0.4 is 0 Å². The Labute approximate surface area is 142 Å². The highest BCUT2D eigenvalue weighted by atomic mass is 32.2. The van der Waals surface area contributed by atoms with Crippen LogP contribution in [0.1, 0.15) is 28.8 Å². The van der Waals surface area contributed by atoms with Crippen LogP contribution in [0.4, 0.5) is 13.2 Å². The number of hydrogen-bond donors (Lipinski definition) is 0. The van der Waals surface area contributed by atoms with Crippen molar-refractivity contribution in [2.24, 2.45) is 0 Å². The van der Waals surface area contributed by atoms with E-state index in [-0.39, 0.29) is 23.0 Å². The van der Waals surface area contributed by atoms with Gasteiger partial charge in [-0.1, -0.05) is 12.1 Å². The molecule has 24 heavy (non-hydrogen) atoms. The molecule has 3 nitrogen and oxygen atoms in total. The van der Waals surface area contributed by atoms with Crippen LogP contribution in [0.2, 0.25) is 0 Å². The summed E-state index contributed by atoms with van der Waals surface area (Å²) in [6, 6.07) is 6.73. The molecule has 1 aliphatic carbocycles. The first-order valence-electron chi connectivity index (χ1n) is 7.41. The summed E-state index contributed by atoms with van der Waals surface area (Å²) in [7, 11) is -3.97. The van der Waals surface area contributed by atoms with Gasteiger partial charge in [-0.25, -0.2) is 8.42 Å². The normalized spacial score (nSPS) is 15.9. The lowest BCUT2D eigenvalue weighted by molar-refractivity contribution is -0.138. The second-order valence-corrected chi connectivity index (χ2v) is 8.76. The number of sulfonamides is 1. The molecule has 1 aromatic heterocycles. The van der Waals surface area contributed by atoms with Gasteiger partial charge < -0.3 is 0 Å². The number of alkyl halides is 3. The molecular weight excluding hydrogens is 359 g/mol. The zero-order valence-electron chi connectivity index (χ0n) is 12.9. The molecule has 0 aliphatic heterocycles. The van der Waals surface area contributed by atoms with Gasteiger partial charge in [0.15, 0.2) is 0 Å². The van der Waals surface area contributed by atoms with Crippen molar-refractivity contribution in [1.82, 2.24) is 4.31 Å². The lowest BCUT2D eigenvalue weighted by Gasteiger charge is -2.22.